The maximum atomic E-state index is 5.99. The van der Waals surface area contributed by atoms with E-state index in [2.05, 4.69) is 64.4 Å². The Labute approximate surface area is 146 Å². The van der Waals surface area contributed by atoms with E-state index in [1.807, 2.05) is 0 Å². The molecule has 1 aliphatic heterocycles. The van der Waals surface area contributed by atoms with Gasteiger partial charge in [0, 0.05) is 19.1 Å². The van der Waals surface area contributed by atoms with Gasteiger partial charge in [-0.15, -0.1) is 0 Å². The van der Waals surface area contributed by atoms with Crippen LogP contribution in [0.4, 0.5) is 0 Å². The molecule has 1 saturated heterocycles. The zero-order chi connectivity index (χ0) is 17.2. The Balaban J connectivity index is 1.58. The van der Waals surface area contributed by atoms with Gasteiger partial charge >= 0.3 is 0 Å². The first-order valence-electron chi connectivity index (χ1n) is 9.19. The van der Waals surface area contributed by atoms with E-state index in [-0.39, 0.29) is 0 Å². The average molecular weight is 332 g/mol. The molecule has 1 atom stereocenters. The first-order chi connectivity index (χ1) is 11.7. The van der Waals surface area contributed by atoms with E-state index in [1.165, 1.54) is 24.9 Å². The number of aliphatic imine (C=N–C) groups is 1. The van der Waals surface area contributed by atoms with E-state index in [9.17, 15) is 0 Å². The van der Waals surface area contributed by atoms with Crippen LogP contribution in [0.2, 0.25) is 0 Å². The van der Waals surface area contributed by atoms with Crippen molar-refractivity contribution in [1.82, 2.24) is 15.1 Å². The maximum Gasteiger partial charge on any atom is 0.188 e. The second kappa shape index (κ2) is 10.3. The van der Waals surface area contributed by atoms with Gasteiger partial charge in [0.15, 0.2) is 5.96 Å². The minimum absolute atomic E-state index is 0.576. The smallest absolute Gasteiger partial charge is 0.188 e. The summed E-state index contributed by atoms with van der Waals surface area (Å²) < 4.78 is 0. The Morgan fingerprint density at radius 2 is 2.17 bits per heavy atom. The van der Waals surface area contributed by atoms with Gasteiger partial charge in [0.2, 0.25) is 0 Å². The lowest BCUT2D eigenvalue weighted by Gasteiger charge is -2.21. The highest BCUT2D eigenvalue weighted by atomic mass is 15.2. The van der Waals surface area contributed by atoms with Gasteiger partial charge in [-0.25, -0.2) is 0 Å². The van der Waals surface area contributed by atoms with Crippen LogP contribution in [0.1, 0.15) is 31.7 Å². The predicted octanol–water partition coefficient (Wildman–Crippen LogP) is 1.90. The third-order valence-corrected chi connectivity index (χ3v) is 4.70. The summed E-state index contributed by atoms with van der Waals surface area (Å²) in [5, 5.41) is 3.24. The number of nitrogens with zero attached hydrogens (tertiary/aromatic N) is 3. The number of hydrogen-bond acceptors (Lipinski definition) is 3. The number of hydrogen-bond donors (Lipinski definition) is 2. The second-order valence-electron chi connectivity index (χ2n) is 6.65. The summed E-state index contributed by atoms with van der Waals surface area (Å²) in [6, 6.07) is 11.1. The summed E-state index contributed by atoms with van der Waals surface area (Å²) in [6.07, 6.45) is 3.59. The van der Waals surface area contributed by atoms with Crippen molar-refractivity contribution in [3.05, 3.63) is 35.9 Å². The number of likely N-dealkylation sites (tertiary alicyclic amines) is 1. The number of nitrogens with one attached hydrogen (secondary N) is 1. The molecular formula is C19H33N5. The van der Waals surface area contributed by atoms with E-state index < -0.39 is 0 Å². The van der Waals surface area contributed by atoms with Crippen LogP contribution in [0, 0.1) is 0 Å². The lowest BCUT2D eigenvalue weighted by Crippen LogP contribution is -2.36. The van der Waals surface area contributed by atoms with Crippen LogP contribution >= 0.6 is 0 Å². The van der Waals surface area contributed by atoms with Crippen molar-refractivity contribution in [2.45, 2.75) is 38.8 Å². The molecule has 1 unspecified atom stereocenters. The number of benzene rings is 1. The molecule has 3 N–H and O–H groups in total. The molecule has 0 saturated carbocycles. The van der Waals surface area contributed by atoms with Crippen molar-refractivity contribution in [1.29, 1.82) is 0 Å². The molecule has 24 heavy (non-hydrogen) atoms. The van der Waals surface area contributed by atoms with Crippen molar-refractivity contribution in [2.24, 2.45) is 10.7 Å². The summed E-state index contributed by atoms with van der Waals surface area (Å²) in [6.45, 7) is 8.26. The van der Waals surface area contributed by atoms with Crippen LogP contribution in [0.25, 0.3) is 0 Å². The summed E-state index contributed by atoms with van der Waals surface area (Å²) >= 11 is 0. The highest BCUT2D eigenvalue weighted by molar-refractivity contribution is 5.77. The Kier molecular flexibility index (Phi) is 8.05. The lowest BCUT2D eigenvalue weighted by molar-refractivity contribution is 0.273. The van der Waals surface area contributed by atoms with Crippen LogP contribution < -0.4 is 11.1 Å². The summed E-state index contributed by atoms with van der Waals surface area (Å²) in [5.74, 6) is 0.587. The number of guanidine groups is 1. The summed E-state index contributed by atoms with van der Waals surface area (Å²) in [5.41, 5.74) is 7.34. The first kappa shape index (κ1) is 18.7. The predicted molar refractivity (Wildman–Crippen MR) is 102 cm³/mol. The third-order valence-electron chi connectivity index (χ3n) is 4.70. The Morgan fingerprint density at radius 1 is 1.38 bits per heavy atom. The highest BCUT2D eigenvalue weighted by Crippen LogP contribution is 2.16. The largest absolute Gasteiger partial charge is 0.370 e. The molecule has 134 valence electrons. The highest BCUT2D eigenvalue weighted by Gasteiger charge is 2.22. The van der Waals surface area contributed by atoms with Gasteiger partial charge in [0.25, 0.3) is 0 Å². The van der Waals surface area contributed by atoms with Crippen LogP contribution in [-0.2, 0) is 6.54 Å². The SMILES string of the molecule is CCN1CCCC1CN=C(N)NCCCN(C)Cc1ccccc1. The molecule has 0 amide bonds. The molecule has 1 heterocycles. The molecule has 1 aliphatic rings. The normalized spacial score (nSPS) is 19.1. The van der Waals surface area contributed by atoms with E-state index in [0.717, 1.165) is 39.1 Å². The molecule has 5 heteroatoms. The van der Waals surface area contributed by atoms with E-state index in [4.69, 9.17) is 5.73 Å². The zero-order valence-electron chi connectivity index (χ0n) is 15.2. The van der Waals surface area contributed by atoms with Crippen LogP contribution in [0.3, 0.4) is 0 Å². The molecule has 0 radical (unpaired) electrons. The molecule has 0 aromatic heterocycles. The van der Waals surface area contributed by atoms with Gasteiger partial charge in [-0.2, -0.15) is 0 Å². The van der Waals surface area contributed by atoms with Crippen LogP contribution in [0.5, 0.6) is 0 Å². The summed E-state index contributed by atoms with van der Waals surface area (Å²) in [4.78, 5) is 9.35. The Bertz CT molecular complexity index is 488. The van der Waals surface area contributed by atoms with Gasteiger partial charge in [-0.05, 0) is 51.5 Å². The van der Waals surface area contributed by atoms with Gasteiger partial charge in [-0.1, -0.05) is 37.3 Å². The lowest BCUT2D eigenvalue weighted by atomic mass is 10.2. The molecule has 0 bridgehead atoms. The van der Waals surface area contributed by atoms with Gasteiger partial charge in [0.05, 0.1) is 6.54 Å². The maximum absolute atomic E-state index is 5.99. The minimum Gasteiger partial charge on any atom is -0.370 e. The minimum atomic E-state index is 0.576. The molecular weight excluding hydrogens is 298 g/mol. The fraction of sp³-hybridized carbons (Fsp3) is 0.632. The van der Waals surface area contributed by atoms with E-state index >= 15 is 0 Å². The monoisotopic (exact) mass is 331 g/mol. The molecule has 2 rings (SSSR count). The van der Waals surface area contributed by atoms with Gasteiger partial charge in [-0.3, -0.25) is 9.89 Å². The van der Waals surface area contributed by atoms with Crippen LogP contribution in [-0.4, -0.2) is 61.6 Å². The zero-order valence-corrected chi connectivity index (χ0v) is 15.2. The third kappa shape index (κ3) is 6.49. The molecule has 1 aromatic rings. The van der Waals surface area contributed by atoms with Crippen molar-refractivity contribution in [3.8, 4) is 0 Å². The van der Waals surface area contributed by atoms with Gasteiger partial charge in [0.1, 0.15) is 0 Å². The average Bonchev–Trinajstić information content (AvgIpc) is 3.05. The first-order valence-corrected chi connectivity index (χ1v) is 9.19. The second-order valence-corrected chi connectivity index (χ2v) is 6.65. The van der Waals surface area contributed by atoms with Crippen LogP contribution in [0.15, 0.2) is 35.3 Å². The quantitative estimate of drug-likeness (QED) is 0.412. The number of nitrogens with two attached hydrogens (primary N) is 1. The van der Waals surface area contributed by atoms with Crippen molar-refractivity contribution in [3.63, 3.8) is 0 Å². The van der Waals surface area contributed by atoms with E-state index in [0.29, 0.717) is 12.0 Å². The fourth-order valence-electron chi connectivity index (χ4n) is 3.32. The summed E-state index contributed by atoms with van der Waals surface area (Å²) in [7, 11) is 2.16. The Morgan fingerprint density at radius 3 is 2.92 bits per heavy atom. The molecule has 0 aliphatic carbocycles. The number of rotatable bonds is 9. The molecule has 1 aromatic carbocycles. The number of likely N-dealkylation sites (N-methyl/N-ethyl adjacent to an activating group) is 1. The van der Waals surface area contributed by atoms with E-state index in [1.54, 1.807) is 0 Å². The van der Waals surface area contributed by atoms with Crippen molar-refractivity contribution >= 4 is 5.96 Å². The van der Waals surface area contributed by atoms with Crippen molar-refractivity contribution in [2.75, 3.05) is 39.8 Å². The molecule has 1 fully saturated rings. The molecule has 0 spiro atoms. The molecule has 5 nitrogen and oxygen atoms in total. The standard InChI is InChI=1S/C19H33N5/c1-3-24-14-7-11-18(24)15-22-19(20)21-12-8-13-23(2)16-17-9-5-4-6-10-17/h4-6,9-10,18H,3,7-8,11-16H2,1-2H3,(H3,20,21,22). The Hall–Kier alpha value is -1.59. The topological polar surface area (TPSA) is 56.9 Å². The fourth-order valence-corrected chi connectivity index (χ4v) is 3.32. The van der Waals surface area contributed by atoms with Crippen molar-refractivity contribution < 1.29 is 0 Å². The van der Waals surface area contributed by atoms with Gasteiger partial charge < -0.3 is 16.0 Å².